The van der Waals surface area contributed by atoms with Gasteiger partial charge in [0.05, 0.1) is 18.7 Å². The molecule has 2 amide bonds. The number of likely N-dealkylation sites (N-methyl/N-ethyl adjacent to an activating group) is 1. The van der Waals surface area contributed by atoms with Gasteiger partial charge < -0.3 is 15.0 Å². The Morgan fingerprint density at radius 2 is 1.90 bits per heavy atom. The van der Waals surface area contributed by atoms with Crippen LogP contribution in [0.15, 0.2) is 48.5 Å². The molecule has 6 heteroatoms. The van der Waals surface area contributed by atoms with Gasteiger partial charge in [-0.25, -0.2) is 0 Å². The highest BCUT2D eigenvalue weighted by atomic mass is 16.5. The number of piperazine rings is 1. The molecule has 1 saturated heterocycles. The smallest absolute Gasteiger partial charge is 0.246 e. The molecular formula is C24H27N3O3. The van der Waals surface area contributed by atoms with Crippen LogP contribution in [0.2, 0.25) is 0 Å². The molecule has 1 heterocycles. The highest BCUT2D eigenvalue weighted by Crippen LogP contribution is 2.36. The highest BCUT2D eigenvalue weighted by molar-refractivity contribution is 6.00. The maximum Gasteiger partial charge on any atom is 0.246 e. The van der Waals surface area contributed by atoms with Gasteiger partial charge in [-0.15, -0.1) is 0 Å². The first-order valence-electron chi connectivity index (χ1n) is 10.1. The van der Waals surface area contributed by atoms with Gasteiger partial charge in [-0.2, -0.15) is 5.26 Å². The minimum Gasteiger partial charge on any atom is -0.496 e. The van der Waals surface area contributed by atoms with Crippen molar-refractivity contribution in [2.24, 2.45) is 0 Å². The van der Waals surface area contributed by atoms with Crippen LogP contribution in [0.4, 0.5) is 0 Å². The standard InChI is InChI=1S/C24H27N3O3/c1-5-24(14-17-10-7-6-8-11-17)23(29)26-21(22(28)27(24)3)16(2)20-18(15-25)12-9-13-19(20)30-4/h6-13,16,21H,5,14H2,1-4H3,(H,26,29). The van der Waals surface area contributed by atoms with Crippen LogP contribution in [-0.2, 0) is 16.0 Å². The van der Waals surface area contributed by atoms with E-state index in [4.69, 9.17) is 4.74 Å². The van der Waals surface area contributed by atoms with E-state index >= 15 is 0 Å². The van der Waals surface area contributed by atoms with Gasteiger partial charge in [-0.1, -0.05) is 50.2 Å². The molecule has 1 aliphatic heterocycles. The molecule has 2 aromatic rings. The summed E-state index contributed by atoms with van der Waals surface area (Å²) in [5, 5.41) is 12.5. The summed E-state index contributed by atoms with van der Waals surface area (Å²) in [7, 11) is 3.22. The molecule has 156 valence electrons. The minimum absolute atomic E-state index is 0.172. The molecule has 0 bridgehead atoms. The molecule has 1 aliphatic rings. The van der Waals surface area contributed by atoms with Crippen LogP contribution in [0.3, 0.4) is 0 Å². The van der Waals surface area contributed by atoms with E-state index in [1.165, 1.54) is 7.11 Å². The lowest BCUT2D eigenvalue weighted by atomic mass is 9.80. The summed E-state index contributed by atoms with van der Waals surface area (Å²) < 4.78 is 5.44. The SMILES string of the molecule is CCC1(Cc2ccccc2)C(=O)NC(C(C)c2c(C#N)cccc2OC)C(=O)N1C. The predicted molar refractivity (Wildman–Crippen MR) is 114 cm³/mol. The first-order chi connectivity index (χ1) is 14.4. The van der Waals surface area contributed by atoms with Crippen LogP contribution in [0, 0.1) is 11.3 Å². The fraction of sp³-hybridized carbons (Fsp3) is 0.375. The zero-order chi connectivity index (χ0) is 21.9. The highest BCUT2D eigenvalue weighted by Gasteiger charge is 2.51. The van der Waals surface area contributed by atoms with Gasteiger partial charge in [0.15, 0.2) is 0 Å². The van der Waals surface area contributed by atoms with E-state index in [1.54, 1.807) is 30.1 Å². The number of benzene rings is 2. The van der Waals surface area contributed by atoms with Gasteiger partial charge in [0.1, 0.15) is 17.3 Å². The largest absolute Gasteiger partial charge is 0.496 e. The van der Waals surface area contributed by atoms with Crippen LogP contribution in [0.5, 0.6) is 5.75 Å². The fourth-order valence-electron chi connectivity index (χ4n) is 4.36. The Morgan fingerprint density at radius 3 is 2.50 bits per heavy atom. The molecule has 1 N–H and O–H groups in total. The van der Waals surface area contributed by atoms with Gasteiger partial charge in [0, 0.05) is 24.9 Å². The maximum atomic E-state index is 13.4. The normalized spacial score (nSPS) is 22.2. The number of carbonyl (C=O) groups excluding carboxylic acids is 2. The molecule has 0 saturated carbocycles. The van der Waals surface area contributed by atoms with Gasteiger partial charge in [-0.05, 0) is 24.1 Å². The number of hydrogen-bond donors (Lipinski definition) is 1. The zero-order valence-corrected chi connectivity index (χ0v) is 17.8. The number of rotatable bonds is 6. The van der Waals surface area contributed by atoms with E-state index in [9.17, 15) is 14.9 Å². The number of nitriles is 1. The van der Waals surface area contributed by atoms with Crippen molar-refractivity contribution in [3.63, 3.8) is 0 Å². The Labute approximate surface area is 177 Å². The van der Waals surface area contributed by atoms with Crippen molar-refractivity contribution in [2.75, 3.05) is 14.2 Å². The second-order valence-corrected chi connectivity index (χ2v) is 7.72. The molecule has 0 aromatic heterocycles. The van der Waals surface area contributed by atoms with Crippen molar-refractivity contribution >= 4 is 11.8 Å². The van der Waals surface area contributed by atoms with Crippen LogP contribution >= 0.6 is 0 Å². The number of carbonyl (C=O) groups is 2. The summed E-state index contributed by atoms with van der Waals surface area (Å²) in [4.78, 5) is 28.4. The molecule has 0 radical (unpaired) electrons. The number of methoxy groups -OCH3 is 1. The molecule has 2 aromatic carbocycles. The third-order valence-corrected chi connectivity index (χ3v) is 6.23. The molecule has 0 spiro atoms. The van der Waals surface area contributed by atoms with Gasteiger partial charge >= 0.3 is 0 Å². The Balaban J connectivity index is 1.96. The summed E-state index contributed by atoms with van der Waals surface area (Å²) in [6, 6.07) is 16.3. The summed E-state index contributed by atoms with van der Waals surface area (Å²) in [6.07, 6.45) is 0.937. The lowest BCUT2D eigenvalue weighted by molar-refractivity contribution is -0.156. The molecule has 3 rings (SSSR count). The monoisotopic (exact) mass is 405 g/mol. The van der Waals surface area contributed by atoms with Gasteiger partial charge in [0.2, 0.25) is 11.8 Å². The Kier molecular flexibility index (Phi) is 6.12. The average molecular weight is 405 g/mol. The fourth-order valence-corrected chi connectivity index (χ4v) is 4.36. The molecule has 3 unspecified atom stereocenters. The van der Waals surface area contributed by atoms with E-state index in [-0.39, 0.29) is 11.8 Å². The number of nitrogens with one attached hydrogen (secondary N) is 1. The zero-order valence-electron chi connectivity index (χ0n) is 17.8. The third kappa shape index (κ3) is 3.52. The maximum absolute atomic E-state index is 13.4. The van der Waals surface area contributed by atoms with Crippen LogP contribution in [0.25, 0.3) is 0 Å². The Bertz CT molecular complexity index is 983. The van der Waals surface area contributed by atoms with Crippen LogP contribution in [0.1, 0.15) is 42.9 Å². The molecule has 1 fully saturated rings. The van der Waals surface area contributed by atoms with Crippen molar-refractivity contribution in [3.05, 3.63) is 65.2 Å². The predicted octanol–water partition coefficient (Wildman–Crippen LogP) is 3.02. The van der Waals surface area contributed by atoms with Crippen molar-refractivity contribution in [3.8, 4) is 11.8 Å². The summed E-state index contributed by atoms with van der Waals surface area (Å²) in [6.45, 7) is 3.76. The minimum atomic E-state index is -0.951. The van der Waals surface area contributed by atoms with Crippen LogP contribution in [-0.4, -0.2) is 42.5 Å². The average Bonchev–Trinajstić information content (AvgIpc) is 2.78. The number of hydrogen-bond acceptors (Lipinski definition) is 4. The third-order valence-electron chi connectivity index (χ3n) is 6.23. The Morgan fingerprint density at radius 1 is 1.20 bits per heavy atom. The Hall–Kier alpha value is -3.33. The first kappa shape index (κ1) is 21.4. The molecular weight excluding hydrogens is 378 g/mol. The van der Waals surface area contributed by atoms with Crippen LogP contribution < -0.4 is 10.1 Å². The second kappa shape index (κ2) is 8.58. The molecule has 3 atom stereocenters. The van der Waals surface area contributed by atoms with Gasteiger partial charge in [-0.3, -0.25) is 9.59 Å². The number of amides is 2. The van der Waals surface area contributed by atoms with Crippen molar-refractivity contribution < 1.29 is 14.3 Å². The topological polar surface area (TPSA) is 82.4 Å². The van der Waals surface area contributed by atoms with Crippen molar-refractivity contribution in [2.45, 2.75) is 44.2 Å². The van der Waals surface area contributed by atoms with E-state index in [0.29, 0.717) is 29.7 Å². The lowest BCUT2D eigenvalue weighted by Crippen LogP contribution is -2.71. The number of nitrogens with zero attached hydrogens (tertiary/aromatic N) is 2. The van der Waals surface area contributed by atoms with Crippen molar-refractivity contribution in [1.82, 2.24) is 10.2 Å². The summed E-state index contributed by atoms with van der Waals surface area (Å²) >= 11 is 0. The first-order valence-corrected chi connectivity index (χ1v) is 10.1. The number of ether oxygens (including phenoxy) is 1. The summed E-state index contributed by atoms with van der Waals surface area (Å²) in [5.41, 5.74) is 1.11. The lowest BCUT2D eigenvalue weighted by Gasteiger charge is -2.47. The van der Waals surface area contributed by atoms with Crippen molar-refractivity contribution in [1.29, 1.82) is 5.26 Å². The van der Waals surface area contributed by atoms with E-state index in [2.05, 4.69) is 11.4 Å². The molecule has 30 heavy (non-hydrogen) atoms. The van der Waals surface area contributed by atoms with Gasteiger partial charge in [0.25, 0.3) is 0 Å². The van der Waals surface area contributed by atoms with E-state index in [0.717, 1.165) is 5.56 Å². The molecule has 6 nitrogen and oxygen atoms in total. The second-order valence-electron chi connectivity index (χ2n) is 7.72. The quantitative estimate of drug-likeness (QED) is 0.801. The summed E-state index contributed by atoms with van der Waals surface area (Å²) in [5.74, 6) is -0.250. The molecule has 0 aliphatic carbocycles. The van der Waals surface area contributed by atoms with E-state index in [1.807, 2.05) is 44.2 Å². The van der Waals surface area contributed by atoms with E-state index < -0.39 is 17.5 Å².